The third-order valence-electron chi connectivity index (χ3n) is 4.71. The molecule has 1 heterocycles. The molecule has 2 fully saturated rings. The summed E-state index contributed by atoms with van der Waals surface area (Å²) in [5.41, 5.74) is 0. The fourth-order valence-corrected chi connectivity index (χ4v) is 3.17. The molecule has 2 aliphatic rings. The predicted octanol–water partition coefficient (Wildman–Crippen LogP) is 1.25. The van der Waals surface area contributed by atoms with E-state index in [1.165, 1.54) is 0 Å². The quantitative estimate of drug-likeness (QED) is 0.800. The number of carboxylic acids is 1. The number of rotatable bonds is 5. The summed E-state index contributed by atoms with van der Waals surface area (Å²) < 4.78 is 0. The number of piperidine rings is 1. The third-order valence-corrected chi connectivity index (χ3v) is 4.71. The van der Waals surface area contributed by atoms with E-state index in [9.17, 15) is 14.4 Å². The Hall–Kier alpha value is -1.59. The highest BCUT2D eigenvalue weighted by Gasteiger charge is 2.42. The molecule has 1 aliphatic carbocycles. The molecule has 2 N–H and O–H groups in total. The fraction of sp³-hybridized carbons (Fsp3) is 0.812. The number of carboxylic acid groups (broad SMARTS) is 1. The van der Waals surface area contributed by atoms with Crippen molar-refractivity contribution in [3.8, 4) is 0 Å². The van der Waals surface area contributed by atoms with Gasteiger partial charge in [-0.3, -0.25) is 14.4 Å². The smallest absolute Gasteiger partial charge is 0.307 e. The molecule has 2 unspecified atom stereocenters. The molecular weight excluding hydrogens is 284 g/mol. The van der Waals surface area contributed by atoms with Crippen LogP contribution in [0.1, 0.15) is 46.0 Å². The maximum absolute atomic E-state index is 12.1. The number of hydrogen-bond donors (Lipinski definition) is 2. The van der Waals surface area contributed by atoms with E-state index in [0.717, 1.165) is 12.8 Å². The molecule has 1 aliphatic heterocycles. The van der Waals surface area contributed by atoms with Crippen molar-refractivity contribution in [2.45, 2.75) is 52.0 Å². The van der Waals surface area contributed by atoms with Gasteiger partial charge in [0.05, 0.1) is 11.8 Å². The van der Waals surface area contributed by atoms with Crippen LogP contribution in [0.2, 0.25) is 0 Å². The number of hydrogen-bond acceptors (Lipinski definition) is 3. The second kappa shape index (κ2) is 7.11. The zero-order valence-corrected chi connectivity index (χ0v) is 13.4. The Morgan fingerprint density at radius 3 is 2.14 bits per heavy atom. The van der Waals surface area contributed by atoms with Crippen LogP contribution in [-0.2, 0) is 14.4 Å². The maximum Gasteiger partial charge on any atom is 0.307 e. The van der Waals surface area contributed by atoms with Crippen LogP contribution < -0.4 is 5.32 Å². The van der Waals surface area contributed by atoms with Gasteiger partial charge in [-0.1, -0.05) is 13.8 Å². The summed E-state index contributed by atoms with van der Waals surface area (Å²) in [6, 6.07) is 0.0608. The molecule has 1 saturated heterocycles. The lowest BCUT2D eigenvalue weighted by atomic mass is 9.73. The van der Waals surface area contributed by atoms with E-state index in [4.69, 9.17) is 5.11 Å². The largest absolute Gasteiger partial charge is 0.481 e. The molecule has 2 amide bonds. The fourth-order valence-electron chi connectivity index (χ4n) is 3.17. The predicted molar refractivity (Wildman–Crippen MR) is 81.0 cm³/mol. The minimum Gasteiger partial charge on any atom is -0.481 e. The molecule has 1 saturated carbocycles. The Balaban J connectivity index is 1.74. The van der Waals surface area contributed by atoms with Crippen molar-refractivity contribution < 1.29 is 19.5 Å². The van der Waals surface area contributed by atoms with Gasteiger partial charge in [-0.05, 0) is 31.6 Å². The van der Waals surface area contributed by atoms with Gasteiger partial charge in [0.15, 0.2) is 0 Å². The lowest BCUT2D eigenvalue weighted by Crippen LogP contribution is -2.51. The molecule has 0 aromatic heterocycles. The van der Waals surface area contributed by atoms with Gasteiger partial charge in [0, 0.05) is 25.6 Å². The molecule has 6 nitrogen and oxygen atoms in total. The Morgan fingerprint density at radius 1 is 1.09 bits per heavy atom. The number of carbonyl (C=O) groups is 3. The second-order valence-corrected chi connectivity index (χ2v) is 6.89. The average molecular weight is 310 g/mol. The highest BCUT2D eigenvalue weighted by Crippen LogP contribution is 2.34. The highest BCUT2D eigenvalue weighted by molar-refractivity contribution is 5.86. The monoisotopic (exact) mass is 310 g/mol. The van der Waals surface area contributed by atoms with E-state index in [1.807, 2.05) is 18.7 Å². The molecular formula is C16H26N2O4. The summed E-state index contributed by atoms with van der Waals surface area (Å²) in [5, 5.41) is 12.0. The third kappa shape index (κ3) is 3.99. The van der Waals surface area contributed by atoms with Gasteiger partial charge in [0.25, 0.3) is 0 Å². The minimum atomic E-state index is -0.875. The van der Waals surface area contributed by atoms with Crippen LogP contribution in [0.3, 0.4) is 0 Å². The van der Waals surface area contributed by atoms with E-state index in [1.54, 1.807) is 0 Å². The molecule has 124 valence electrons. The second-order valence-electron chi connectivity index (χ2n) is 6.89. The van der Waals surface area contributed by atoms with Gasteiger partial charge in [-0.15, -0.1) is 0 Å². The normalized spacial score (nSPS) is 25.7. The zero-order valence-electron chi connectivity index (χ0n) is 13.4. The van der Waals surface area contributed by atoms with Crippen LogP contribution in [0.5, 0.6) is 0 Å². The summed E-state index contributed by atoms with van der Waals surface area (Å²) in [5.74, 6) is -1.36. The summed E-state index contributed by atoms with van der Waals surface area (Å²) >= 11 is 0. The van der Waals surface area contributed by atoms with Crippen LogP contribution in [0.15, 0.2) is 0 Å². The Labute approximate surface area is 131 Å². The zero-order chi connectivity index (χ0) is 16.3. The molecule has 2 atom stereocenters. The van der Waals surface area contributed by atoms with Crippen LogP contribution in [0.4, 0.5) is 0 Å². The van der Waals surface area contributed by atoms with E-state index < -0.39 is 11.9 Å². The number of aliphatic carboxylic acids is 1. The van der Waals surface area contributed by atoms with Crippen molar-refractivity contribution in [1.82, 2.24) is 10.2 Å². The molecule has 0 radical (unpaired) electrons. The summed E-state index contributed by atoms with van der Waals surface area (Å²) in [6.07, 6.45) is 3.32. The number of nitrogens with one attached hydrogen (secondary N) is 1. The van der Waals surface area contributed by atoms with Crippen molar-refractivity contribution in [1.29, 1.82) is 0 Å². The first kappa shape index (κ1) is 16.8. The van der Waals surface area contributed by atoms with Gasteiger partial charge >= 0.3 is 5.97 Å². The Kier molecular flexibility index (Phi) is 5.42. The average Bonchev–Trinajstić information content (AvgIpc) is 2.36. The molecule has 0 aromatic carbocycles. The van der Waals surface area contributed by atoms with Gasteiger partial charge in [0.1, 0.15) is 0 Å². The first-order chi connectivity index (χ1) is 10.4. The maximum atomic E-state index is 12.1. The van der Waals surface area contributed by atoms with E-state index >= 15 is 0 Å². The number of carbonyl (C=O) groups excluding carboxylic acids is 2. The number of amides is 2. The minimum absolute atomic E-state index is 0.0608. The topological polar surface area (TPSA) is 86.7 Å². The van der Waals surface area contributed by atoms with E-state index in [-0.39, 0.29) is 23.8 Å². The lowest BCUT2D eigenvalue weighted by Gasteiger charge is -2.36. The molecule has 6 heteroatoms. The molecule has 2 rings (SSSR count). The lowest BCUT2D eigenvalue weighted by molar-refractivity contribution is -0.153. The van der Waals surface area contributed by atoms with Crippen LogP contribution >= 0.6 is 0 Å². The number of nitrogens with zero attached hydrogens (tertiary/aromatic N) is 1. The molecule has 22 heavy (non-hydrogen) atoms. The van der Waals surface area contributed by atoms with Crippen LogP contribution in [-0.4, -0.2) is 46.9 Å². The molecule has 0 aromatic rings. The molecule has 0 spiro atoms. The van der Waals surface area contributed by atoms with Gasteiger partial charge in [-0.25, -0.2) is 0 Å². The van der Waals surface area contributed by atoms with E-state index in [0.29, 0.717) is 38.3 Å². The van der Waals surface area contributed by atoms with Crippen molar-refractivity contribution in [3.05, 3.63) is 0 Å². The Bertz CT molecular complexity index is 441. The van der Waals surface area contributed by atoms with Crippen molar-refractivity contribution in [2.75, 3.05) is 13.1 Å². The summed E-state index contributed by atoms with van der Waals surface area (Å²) in [7, 11) is 0. The van der Waals surface area contributed by atoms with Crippen molar-refractivity contribution >= 4 is 17.8 Å². The standard InChI is InChI=1S/C16H26N2O4/c1-10(2)9-14(19)18-7-5-11(6-8-18)17-15(20)12-3-4-13(12)16(21)22/h10-13H,3-9H2,1-2H3,(H,17,20)(H,21,22). The number of likely N-dealkylation sites (tertiary alicyclic amines) is 1. The summed E-state index contributed by atoms with van der Waals surface area (Å²) in [4.78, 5) is 36.9. The first-order valence-electron chi connectivity index (χ1n) is 8.19. The molecule has 0 bridgehead atoms. The van der Waals surface area contributed by atoms with Crippen molar-refractivity contribution in [2.24, 2.45) is 17.8 Å². The first-order valence-corrected chi connectivity index (χ1v) is 8.19. The van der Waals surface area contributed by atoms with Crippen LogP contribution in [0, 0.1) is 17.8 Å². The van der Waals surface area contributed by atoms with Gasteiger partial charge < -0.3 is 15.3 Å². The van der Waals surface area contributed by atoms with E-state index in [2.05, 4.69) is 5.32 Å². The van der Waals surface area contributed by atoms with Gasteiger partial charge in [-0.2, -0.15) is 0 Å². The summed E-state index contributed by atoms with van der Waals surface area (Å²) in [6.45, 7) is 5.40. The van der Waals surface area contributed by atoms with Crippen LogP contribution in [0.25, 0.3) is 0 Å². The SMILES string of the molecule is CC(C)CC(=O)N1CCC(NC(=O)C2CCC2C(=O)O)CC1. The Morgan fingerprint density at radius 2 is 1.68 bits per heavy atom. The highest BCUT2D eigenvalue weighted by atomic mass is 16.4. The van der Waals surface area contributed by atoms with Gasteiger partial charge in [0.2, 0.25) is 11.8 Å². The van der Waals surface area contributed by atoms with Crippen molar-refractivity contribution in [3.63, 3.8) is 0 Å².